The zero-order valence-electron chi connectivity index (χ0n) is 16.1. The van der Waals surface area contributed by atoms with E-state index in [2.05, 4.69) is 30.9 Å². The highest BCUT2D eigenvalue weighted by atomic mass is 16.5. The van der Waals surface area contributed by atoms with Crippen molar-refractivity contribution in [3.63, 3.8) is 0 Å². The smallest absolute Gasteiger partial charge is 0.338 e. The SMILES string of the molecule is CCOC(=O)c1ccc(C(=O)C2=CCN(Cc3ccccc3)C2(C)C)cc1. The molecule has 0 aromatic heterocycles. The number of hydrogen-bond donors (Lipinski definition) is 0. The quantitative estimate of drug-likeness (QED) is 0.568. The lowest BCUT2D eigenvalue weighted by Crippen LogP contribution is -2.42. The molecule has 1 aliphatic rings. The number of ether oxygens (including phenoxy) is 1. The van der Waals surface area contributed by atoms with Gasteiger partial charge in [0.1, 0.15) is 0 Å². The summed E-state index contributed by atoms with van der Waals surface area (Å²) in [6.07, 6.45) is 2.02. The molecule has 0 amide bonds. The van der Waals surface area contributed by atoms with Gasteiger partial charge in [0.25, 0.3) is 0 Å². The second-order valence-corrected chi connectivity index (χ2v) is 7.17. The van der Waals surface area contributed by atoms with Gasteiger partial charge in [-0.05, 0) is 38.5 Å². The van der Waals surface area contributed by atoms with Gasteiger partial charge in [0.05, 0.1) is 12.2 Å². The van der Waals surface area contributed by atoms with E-state index in [-0.39, 0.29) is 17.3 Å². The van der Waals surface area contributed by atoms with Crippen LogP contribution in [-0.2, 0) is 11.3 Å². The van der Waals surface area contributed by atoms with Gasteiger partial charge >= 0.3 is 5.97 Å². The fraction of sp³-hybridized carbons (Fsp3) is 0.304. The summed E-state index contributed by atoms with van der Waals surface area (Å²) < 4.78 is 4.99. The molecule has 0 aliphatic carbocycles. The predicted octanol–water partition coefficient (Wildman–Crippen LogP) is 4.27. The minimum absolute atomic E-state index is 0.00553. The van der Waals surface area contributed by atoms with Crippen LogP contribution < -0.4 is 0 Å². The molecular weight excluding hydrogens is 338 g/mol. The Kier molecular flexibility index (Phi) is 5.57. The number of rotatable bonds is 6. The third-order valence-corrected chi connectivity index (χ3v) is 5.08. The van der Waals surface area contributed by atoms with Gasteiger partial charge in [0.15, 0.2) is 5.78 Å². The zero-order chi connectivity index (χ0) is 19.4. The highest BCUT2D eigenvalue weighted by Gasteiger charge is 2.38. The van der Waals surface area contributed by atoms with Crippen molar-refractivity contribution in [3.05, 3.63) is 82.9 Å². The lowest BCUT2D eigenvalue weighted by molar-refractivity contribution is 0.0526. The lowest BCUT2D eigenvalue weighted by atomic mass is 9.88. The maximum atomic E-state index is 13.1. The first-order valence-electron chi connectivity index (χ1n) is 9.25. The van der Waals surface area contributed by atoms with Crippen LogP contribution in [0, 0.1) is 0 Å². The predicted molar refractivity (Wildman–Crippen MR) is 106 cm³/mol. The first kappa shape index (κ1) is 19.1. The van der Waals surface area contributed by atoms with Gasteiger partial charge in [-0.2, -0.15) is 0 Å². The van der Waals surface area contributed by atoms with E-state index < -0.39 is 0 Å². The minimum atomic E-state index is -0.369. The van der Waals surface area contributed by atoms with Crippen molar-refractivity contribution in [3.8, 4) is 0 Å². The number of ketones is 1. The van der Waals surface area contributed by atoms with E-state index in [1.807, 2.05) is 24.3 Å². The van der Waals surface area contributed by atoms with Gasteiger partial charge in [-0.25, -0.2) is 4.79 Å². The molecule has 4 heteroatoms. The summed E-state index contributed by atoms with van der Waals surface area (Å²) in [4.78, 5) is 27.1. The Bertz CT molecular complexity index is 851. The monoisotopic (exact) mass is 363 g/mol. The topological polar surface area (TPSA) is 46.6 Å². The molecule has 2 aromatic rings. The van der Waals surface area contributed by atoms with Crippen LogP contribution in [0.5, 0.6) is 0 Å². The van der Waals surface area contributed by atoms with Crippen molar-refractivity contribution in [1.82, 2.24) is 4.90 Å². The third-order valence-electron chi connectivity index (χ3n) is 5.08. The Morgan fingerprint density at radius 2 is 1.63 bits per heavy atom. The van der Waals surface area contributed by atoms with Crippen molar-refractivity contribution in [2.24, 2.45) is 0 Å². The molecule has 1 aliphatic heterocycles. The molecule has 0 fully saturated rings. The van der Waals surface area contributed by atoms with Gasteiger partial charge in [0.2, 0.25) is 0 Å². The minimum Gasteiger partial charge on any atom is -0.462 e. The first-order valence-corrected chi connectivity index (χ1v) is 9.25. The standard InChI is InChI=1S/C23H25NO3/c1-4-27-22(26)19-12-10-18(11-13-19)21(25)20-14-15-24(23(20,2)3)16-17-8-6-5-7-9-17/h5-14H,4,15-16H2,1-3H3. The summed E-state index contributed by atoms with van der Waals surface area (Å²) in [6, 6.07) is 17.0. The average Bonchev–Trinajstić information content (AvgIpc) is 2.96. The van der Waals surface area contributed by atoms with E-state index in [1.54, 1.807) is 31.2 Å². The van der Waals surface area contributed by atoms with E-state index >= 15 is 0 Å². The number of benzene rings is 2. The number of hydrogen-bond acceptors (Lipinski definition) is 4. The highest BCUT2D eigenvalue weighted by molar-refractivity contribution is 6.10. The van der Waals surface area contributed by atoms with Gasteiger partial charge in [0, 0.05) is 29.8 Å². The van der Waals surface area contributed by atoms with Crippen LogP contribution >= 0.6 is 0 Å². The molecule has 0 radical (unpaired) electrons. The van der Waals surface area contributed by atoms with E-state index in [4.69, 9.17) is 4.74 Å². The average molecular weight is 363 g/mol. The van der Waals surface area contributed by atoms with Crippen molar-refractivity contribution >= 4 is 11.8 Å². The molecule has 0 N–H and O–H groups in total. The Morgan fingerprint density at radius 1 is 1.00 bits per heavy atom. The van der Waals surface area contributed by atoms with Gasteiger partial charge in [-0.3, -0.25) is 9.69 Å². The number of carbonyl (C=O) groups excluding carboxylic acids is 2. The molecule has 0 saturated heterocycles. The fourth-order valence-corrected chi connectivity index (χ4v) is 3.41. The summed E-state index contributed by atoms with van der Waals surface area (Å²) in [5.74, 6) is -0.364. The van der Waals surface area contributed by atoms with E-state index in [0.29, 0.717) is 17.7 Å². The Labute approximate surface area is 160 Å². The number of Topliss-reactive ketones (excluding diaryl/α,β-unsaturated/α-hetero) is 1. The van der Waals surface area contributed by atoms with Crippen LogP contribution in [0.2, 0.25) is 0 Å². The Balaban J connectivity index is 1.74. The highest BCUT2D eigenvalue weighted by Crippen LogP contribution is 2.33. The summed E-state index contributed by atoms with van der Waals surface area (Å²) in [5.41, 5.74) is 2.71. The summed E-state index contributed by atoms with van der Waals surface area (Å²) >= 11 is 0. The van der Waals surface area contributed by atoms with Crippen molar-refractivity contribution in [2.45, 2.75) is 32.9 Å². The molecule has 3 rings (SSSR count). The van der Waals surface area contributed by atoms with Crippen molar-refractivity contribution in [1.29, 1.82) is 0 Å². The summed E-state index contributed by atoms with van der Waals surface area (Å²) in [5, 5.41) is 0. The van der Waals surface area contributed by atoms with E-state index in [0.717, 1.165) is 18.7 Å². The molecular formula is C23H25NO3. The van der Waals surface area contributed by atoms with Crippen LogP contribution in [0.1, 0.15) is 47.1 Å². The van der Waals surface area contributed by atoms with Crippen LogP contribution in [-0.4, -0.2) is 35.3 Å². The molecule has 27 heavy (non-hydrogen) atoms. The van der Waals surface area contributed by atoms with Crippen molar-refractivity contribution in [2.75, 3.05) is 13.2 Å². The molecule has 0 bridgehead atoms. The maximum Gasteiger partial charge on any atom is 0.338 e. The molecule has 0 saturated carbocycles. The molecule has 0 atom stereocenters. The second kappa shape index (κ2) is 7.89. The molecule has 140 valence electrons. The second-order valence-electron chi connectivity index (χ2n) is 7.17. The fourth-order valence-electron chi connectivity index (χ4n) is 3.41. The van der Waals surface area contributed by atoms with Crippen molar-refractivity contribution < 1.29 is 14.3 Å². The summed E-state index contributed by atoms with van der Waals surface area (Å²) in [6.45, 7) is 7.80. The van der Waals surface area contributed by atoms with Crippen LogP contribution in [0.4, 0.5) is 0 Å². The first-order chi connectivity index (χ1) is 12.9. The summed E-state index contributed by atoms with van der Waals surface area (Å²) in [7, 11) is 0. The normalized spacial score (nSPS) is 16.0. The molecule has 1 heterocycles. The van der Waals surface area contributed by atoms with Gasteiger partial charge < -0.3 is 4.74 Å². The van der Waals surface area contributed by atoms with Gasteiger partial charge in [-0.15, -0.1) is 0 Å². The maximum absolute atomic E-state index is 13.1. The molecule has 0 spiro atoms. The van der Waals surface area contributed by atoms with Crippen LogP contribution in [0.25, 0.3) is 0 Å². The number of esters is 1. The Morgan fingerprint density at radius 3 is 2.26 bits per heavy atom. The van der Waals surface area contributed by atoms with Crippen LogP contribution in [0.3, 0.4) is 0 Å². The molecule has 4 nitrogen and oxygen atoms in total. The van der Waals surface area contributed by atoms with E-state index in [1.165, 1.54) is 5.56 Å². The number of carbonyl (C=O) groups is 2. The van der Waals surface area contributed by atoms with Gasteiger partial charge in [-0.1, -0.05) is 48.5 Å². The molecule has 2 aromatic carbocycles. The zero-order valence-corrected chi connectivity index (χ0v) is 16.1. The lowest BCUT2D eigenvalue weighted by Gasteiger charge is -2.34. The van der Waals surface area contributed by atoms with E-state index in [9.17, 15) is 9.59 Å². The third kappa shape index (κ3) is 4.01. The Hall–Kier alpha value is -2.72. The number of nitrogens with zero attached hydrogens (tertiary/aromatic N) is 1. The van der Waals surface area contributed by atoms with Crippen LogP contribution in [0.15, 0.2) is 66.2 Å². The molecule has 0 unspecified atom stereocenters. The largest absolute Gasteiger partial charge is 0.462 e.